The van der Waals surface area contributed by atoms with Gasteiger partial charge in [0.2, 0.25) is 0 Å². The zero-order valence-electron chi connectivity index (χ0n) is 4.37. The number of hydrogen-bond donors (Lipinski definition) is 1. The largest absolute Gasteiger partial charge is 0.368 e. The summed E-state index contributed by atoms with van der Waals surface area (Å²) >= 11 is 0. The monoisotopic (exact) mass is 173 g/mol. The van der Waals surface area contributed by atoms with Crippen LogP contribution in [0.3, 0.4) is 0 Å². The van der Waals surface area contributed by atoms with E-state index >= 15 is 0 Å². The van der Waals surface area contributed by atoms with Gasteiger partial charge in [-0.2, -0.15) is 0 Å². The average Bonchev–Trinajstić information content (AvgIpc) is 1.90. The van der Waals surface area contributed by atoms with Gasteiger partial charge in [-0.05, 0) is 12.2 Å². The molecule has 0 aromatic rings. The topological polar surface area (TPSA) is 12.0 Å². The molecule has 0 aromatic carbocycles. The number of halogens is 1. The maximum absolute atomic E-state index is 2.92. The highest BCUT2D eigenvalue weighted by molar-refractivity contribution is 8.93. The van der Waals surface area contributed by atoms with Crippen molar-refractivity contribution >= 4 is 17.0 Å². The van der Waals surface area contributed by atoms with E-state index in [4.69, 9.17) is 0 Å². The third kappa shape index (κ3) is 2.64. The fourth-order valence-corrected chi connectivity index (χ4v) is 0.406. The first-order chi connectivity index (χ1) is 3.50. The van der Waals surface area contributed by atoms with Crippen LogP contribution in [0.25, 0.3) is 0 Å². The lowest BCUT2D eigenvalue weighted by Gasteiger charge is -1.79. The Balaban J connectivity index is 0.000000490. The summed E-state index contributed by atoms with van der Waals surface area (Å²) in [6, 6.07) is 0. The van der Waals surface area contributed by atoms with Gasteiger partial charge in [0.05, 0.1) is 0 Å². The van der Waals surface area contributed by atoms with Crippen LogP contribution in [-0.4, -0.2) is 0 Å². The summed E-state index contributed by atoms with van der Waals surface area (Å²) in [5, 5.41) is 2.92. The van der Waals surface area contributed by atoms with E-state index in [-0.39, 0.29) is 17.0 Å². The first-order valence-electron chi connectivity index (χ1n) is 2.24. The molecule has 1 rings (SSSR count). The Hall–Kier alpha value is -0.500. The summed E-state index contributed by atoms with van der Waals surface area (Å²) in [5.41, 5.74) is 0. The molecule has 1 heterocycles. The highest BCUT2D eigenvalue weighted by Crippen LogP contribution is 1.81. The molecule has 0 bridgehead atoms. The molecule has 1 aliphatic rings. The number of allylic oxidation sites excluding steroid dienone is 4. The van der Waals surface area contributed by atoms with E-state index in [1.54, 1.807) is 0 Å². The number of hydrogen-bond acceptors (Lipinski definition) is 1. The fourth-order valence-electron chi connectivity index (χ4n) is 0.406. The first-order valence-corrected chi connectivity index (χ1v) is 2.24. The zero-order valence-corrected chi connectivity index (χ0v) is 6.09. The van der Waals surface area contributed by atoms with Crippen molar-refractivity contribution in [2.24, 2.45) is 0 Å². The predicted octanol–water partition coefficient (Wildman–Crippen LogP) is 1.75. The second-order valence-electron chi connectivity index (χ2n) is 1.27. The molecule has 1 aliphatic heterocycles. The third-order valence-electron chi connectivity index (χ3n) is 0.718. The summed E-state index contributed by atoms with van der Waals surface area (Å²) in [5.74, 6) is 0. The maximum Gasteiger partial charge on any atom is 0.000442 e. The lowest BCUT2D eigenvalue weighted by molar-refractivity contribution is 1.20. The summed E-state index contributed by atoms with van der Waals surface area (Å²) < 4.78 is 0. The van der Waals surface area contributed by atoms with Crippen LogP contribution in [0.4, 0.5) is 0 Å². The normalized spacial score (nSPS) is 14.0. The van der Waals surface area contributed by atoms with Crippen LogP contribution in [0, 0.1) is 0 Å². The van der Waals surface area contributed by atoms with E-state index in [0.29, 0.717) is 0 Å². The van der Waals surface area contributed by atoms with E-state index in [1.807, 2.05) is 36.7 Å². The van der Waals surface area contributed by atoms with Gasteiger partial charge in [0.15, 0.2) is 0 Å². The van der Waals surface area contributed by atoms with Gasteiger partial charge < -0.3 is 5.32 Å². The molecule has 0 atom stereocenters. The molecule has 0 saturated carbocycles. The number of nitrogens with one attached hydrogen (secondary N) is 1. The Kier molecular flexibility index (Phi) is 4.36. The second kappa shape index (κ2) is 4.65. The van der Waals surface area contributed by atoms with Gasteiger partial charge in [-0.15, -0.1) is 17.0 Å². The molecule has 44 valence electrons. The van der Waals surface area contributed by atoms with Crippen molar-refractivity contribution in [2.45, 2.75) is 0 Å². The van der Waals surface area contributed by atoms with Gasteiger partial charge in [0, 0.05) is 12.4 Å². The van der Waals surface area contributed by atoms with E-state index in [0.717, 1.165) is 0 Å². The van der Waals surface area contributed by atoms with Gasteiger partial charge in [0.25, 0.3) is 0 Å². The predicted molar refractivity (Wildman–Crippen MR) is 40.9 cm³/mol. The zero-order chi connectivity index (χ0) is 4.95. The Bertz CT molecular complexity index is 110. The van der Waals surface area contributed by atoms with Gasteiger partial charge >= 0.3 is 0 Å². The highest BCUT2D eigenvalue weighted by Gasteiger charge is 1.67. The molecule has 1 nitrogen and oxygen atoms in total. The molecule has 0 fully saturated rings. The third-order valence-corrected chi connectivity index (χ3v) is 0.718. The summed E-state index contributed by atoms with van der Waals surface area (Å²) in [7, 11) is 0. The standard InChI is InChI=1S/C6H7N.BrH/c1-2-4-6-7-5-3-1;/h1-7H;1H. The van der Waals surface area contributed by atoms with Crippen molar-refractivity contribution < 1.29 is 0 Å². The molecule has 1 N–H and O–H groups in total. The lowest BCUT2D eigenvalue weighted by atomic mass is 10.5. The molecule has 0 saturated heterocycles. The van der Waals surface area contributed by atoms with E-state index < -0.39 is 0 Å². The van der Waals surface area contributed by atoms with Crippen molar-refractivity contribution in [1.82, 2.24) is 5.32 Å². The Labute approximate surface area is 59.6 Å². The summed E-state index contributed by atoms with van der Waals surface area (Å²) in [6.45, 7) is 0. The number of rotatable bonds is 0. The minimum Gasteiger partial charge on any atom is -0.368 e. The first kappa shape index (κ1) is 7.50. The van der Waals surface area contributed by atoms with Crippen LogP contribution >= 0.6 is 17.0 Å². The minimum absolute atomic E-state index is 0. The Morgan fingerprint density at radius 1 is 0.750 bits per heavy atom. The van der Waals surface area contributed by atoms with E-state index in [1.165, 1.54) is 0 Å². The van der Waals surface area contributed by atoms with Crippen LogP contribution in [-0.2, 0) is 0 Å². The Morgan fingerprint density at radius 3 is 1.75 bits per heavy atom. The average molecular weight is 174 g/mol. The van der Waals surface area contributed by atoms with Crippen LogP contribution in [0.15, 0.2) is 36.7 Å². The molecule has 0 aromatic heterocycles. The lowest BCUT2D eigenvalue weighted by Crippen LogP contribution is -1.87. The van der Waals surface area contributed by atoms with E-state index in [2.05, 4.69) is 5.32 Å². The van der Waals surface area contributed by atoms with E-state index in [9.17, 15) is 0 Å². The molecule has 0 unspecified atom stereocenters. The molecular weight excluding hydrogens is 166 g/mol. The van der Waals surface area contributed by atoms with Crippen LogP contribution in [0.2, 0.25) is 0 Å². The fraction of sp³-hybridized carbons (Fsp3) is 0. The molecule has 0 radical (unpaired) electrons. The van der Waals surface area contributed by atoms with Gasteiger partial charge in [0.1, 0.15) is 0 Å². The van der Waals surface area contributed by atoms with Crippen molar-refractivity contribution in [2.75, 3.05) is 0 Å². The van der Waals surface area contributed by atoms with Crippen molar-refractivity contribution in [1.29, 1.82) is 0 Å². The van der Waals surface area contributed by atoms with Crippen LogP contribution in [0.1, 0.15) is 0 Å². The minimum atomic E-state index is 0. The maximum atomic E-state index is 2.92. The smallest absolute Gasteiger partial charge is 0.000442 e. The summed E-state index contributed by atoms with van der Waals surface area (Å²) in [4.78, 5) is 0. The van der Waals surface area contributed by atoms with Crippen LogP contribution in [0.5, 0.6) is 0 Å². The van der Waals surface area contributed by atoms with Gasteiger partial charge in [-0.25, -0.2) is 0 Å². The second-order valence-corrected chi connectivity index (χ2v) is 1.27. The SMILES string of the molecule is Br.C1=CC=CNC=C1. The van der Waals surface area contributed by atoms with Gasteiger partial charge in [-0.1, -0.05) is 12.2 Å². The molecule has 2 heteroatoms. The molecule has 8 heavy (non-hydrogen) atoms. The Morgan fingerprint density at radius 2 is 1.25 bits per heavy atom. The van der Waals surface area contributed by atoms with Crippen molar-refractivity contribution in [3.05, 3.63) is 36.7 Å². The summed E-state index contributed by atoms with van der Waals surface area (Å²) in [6.07, 6.45) is 11.6. The molecule has 0 amide bonds. The molecular formula is C6H8BrN. The van der Waals surface area contributed by atoms with Crippen molar-refractivity contribution in [3.63, 3.8) is 0 Å². The van der Waals surface area contributed by atoms with Crippen LogP contribution < -0.4 is 5.32 Å². The van der Waals surface area contributed by atoms with Gasteiger partial charge in [-0.3, -0.25) is 0 Å². The molecule has 0 spiro atoms. The molecule has 0 aliphatic carbocycles. The quantitative estimate of drug-likeness (QED) is 0.589. The van der Waals surface area contributed by atoms with Crippen molar-refractivity contribution in [3.8, 4) is 0 Å². The highest BCUT2D eigenvalue weighted by atomic mass is 79.9.